The fourth-order valence-electron chi connectivity index (χ4n) is 5.69. The second kappa shape index (κ2) is 11.6. The largest absolute Gasteiger partial charge is 0.478 e. The van der Waals surface area contributed by atoms with Crippen molar-refractivity contribution in [3.05, 3.63) is 111 Å². The molecule has 1 fully saturated rings. The van der Waals surface area contributed by atoms with E-state index in [1.54, 1.807) is 12.1 Å². The van der Waals surface area contributed by atoms with Crippen LogP contribution in [0.3, 0.4) is 0 Å². The number of hydrogen-bond acceptors (Lipinski definition) is 3. The number of halogens is 4. The molecule has 212 valence electrons. The topological polar surface area (TPSA) is 81.4 Å². The molecule has 1 heterocycles. The van der Waals surface area contributed by atoms with Crippen LogP contribution < -0.4 is 0 Å². The molecule has 4 rings (SSSR count). The lowest BCUT2D eigenvalue weighted by Crippen LogP contribution is -2.40. The van der Waals surface area contributed by atoms with Gasteiger partial charge in [-0.05, 0) is 53.8 Å². The number of benzene rings is 3. The predicted molar refractivity (Wildman–Crippen MR) is 155 cm³/mol. The van der Waals surface area contributed by atoms with Crippen molar-refractivity contribution in [2.75, 3.05) is 6.54 Å². The monoisotopic (exact) mass is 596 g/mol. The maximum Gasteiger partial charge on any atom is 0.335 e. The second-order valence-corrected chi connectivity index (χ2v) is 12.2. The Morgan fingerprint density at radius 3 is 2.39 bits per heavy atom. The van der Waals surface area contributed by atoms with Gasteiger partial charge >= 0.3 is 5.97 Å². The van der Waals surface area contributed by atoms with Crippen molar-refractivity contribution in [3.63, 3.8) is 0 Å². The normalized spacial score (nSPS) is 20.8. The number of carbonyl (C=O) groups excluding carboxylic acids is 1. The third kappa shape index (κ3) is 6.00. The van der Waals surface area contributed by atoms with Gasteiger partial charge in [-0.3, -0.25) is 4.79 Å². The number of carboxylic acid groups (broad SMARTS) is 1. The highest BCUT2D eigenvalue weighted by atomic mass is 35.5. The molecule has 9 heteroatoms. The summed E-state index contributed by atoms with van der Waals surface area (Å²) in [6, 6.07) is 15.4. The van der Waals surface area contributed by atoms with E-state index in [4.69, 9.17) is 28.3 Å². The van der Waals surface area contributed by atoms with Crippen LogP contribution in [-0.4, -0.2) is 28.4 Å². The minimum Gasteiger partial charge on any atom is -0.478 e. The first-order valence-corrected chi connectivity index (χ1v) is 13.7. The summed E-state index contributed by atoms with van der Waals surface area (Å²) >= 11 is 12.2. The summed E-state index contributed by atoms with van der Waals surface area (Å²) < 4.78 is 31.4. The van der Waals surface area contributed by atoms with E-state index in [0.29, 0.717) is 12.0 Å². The third-order valence-corrected chi connectivity index (χ3v) is 7.89. The lowest BCUT2D eigenvalue weighted by Gasteiger charge is -2.38. The first kappa shape index (κ1) is 30.2. The van der Waals surface area contributed by atoms with E-state index in [0.717, 1.165) is 6.07 Å². The average Bonchev–Trinajstić information content (AvgIpc) is 3.22. The molecular weight excluding hydrogens is 569 g/mol. The first-order chi connectivity index (χ1) is 19.3. The number of carbonyl (C=O) groups is 2. The zero-order valence-electron chi connectivity index (χ0n) is 22.7. The molecule has 1 saturated heterocycles. The van der Waals surface area contributed by atoms with E-state index in [1.807, 2.05) is 20.8 Å². The van der Waals surface area contributed by atoms with E-state index < -0.39 is 40.9 Å². The van der Waals surface area contributed by atoms with Gasteiger partial charge in [0.2, 0.25) is 5.91 Å². The summed E-state index contributed by atoms with van der Waals surface area (Å²) in [5.74, 6) is -3.71. The first-order valence-electron chi connectivity index (χ1n) is 12.9. The average molecular weight is 597 g/mol. The van der Waals surface area contributed by atoms with Gasteiger partial charge in [-0.25, -0.2) is 13.6 Å². The van der Waals surface area contributed by atoms with Gasteiger partial charge in [0.05, 0.1) is 22.7 Å². The van der Waals surface area contributed by atoms with Crippen molar-refractivity contribution < 1.29 is 23.5 Å². The molecule has 0 bridgehead atoms. The molecule has 0 saturated carbocycles. The van der Waals surface area contributed by atoms with Crippen LogP contribution in [0.5, 0.6) is 0 Å². The van der Waals surface area contributed by atoms with E-state index >= 15 is 8.78 Å². The molecule has 41 heavy (non-hydrogen) atoms. The van der Waals surface area contributed by atoms with Crippen LogP contribution >= 0.6 is 23.2 Å². The van der Waals surface area contributed by atoms with Crippen LogP contribution in [0, 0.1) is 34.3 Å². The van der Waals surface area contributed by atoms with Gasteiger partial charge in [-0.15, -0.1) is 0 Å². The van der Waals surface area contributed by atoms with Crippen molar-refractivity contribution in [2.24, 2.45) is 11.3 Å². The number of aromatic carboxylic acids is 1. The Morgan fingerprint density at radius 2 is 1.80 bits per heavy atom. The van der Waals surface area contributed by atoms with Gasteiger partial charge in [0.1, 0.15) is 17.0 Å². The van der Waals surface area contributed by atoms with Crippen molar-refractivity contribution in [2.45, 2.75) is 38.6 Å². The lowest BCUT2D eigenvalue weighted by molar-refractivity contribution is -0.127. The Kier molecular flexibility index (Phi) is 8.58. The van der Waals surface area contributed by atoms with Crippen molar-refractivity contribution in [1.29, 1.82) is 5.26 Å². The maximum absolute atomic E-state index is 15.7. The van der Waals surface area contributed by atoms with Crippen LogP contribution in [0.4, 0.5) is 8.78 Å². The molecule has 3 aromatic carbocycles. The van der Waals surface area contributed by atoms with Crippen LogP contribution in [0.1, 0.15) is 60.3 Å². The number of nitrogens with zero attached hydrogens (tertiary/aromatic N) is 2. The molecule has 0 spiro atoms. The Labute approximate surface area is 247 Å². The summed E-state index contributed by atoms with van der Waals surface area (Å²) in [5, 5.41) is 20.0. The minimum absolute atomic E-state index is 0.00243. The highest BCUT2D eigenvalue weighted by Gasteiger charge is 2.59. The molecule has 3 atom stereocenters. The van der Waals surface area contributed by atoms with Gasteiger partial charge < -0.3 is 10.0 Å². The van der Waals surface area contributed by atoms with E-state index in [-0.39, 0.29) is 38.7 Å². The lowest BCUT2D eigenvalue weighted by atomic mass is 9.63. The second-order valence-electron chi connectivity index (χ2n) is 11.4. The molecule has 0 aliphatic carbocycles. The SMILES string of the molecule is CC(C)(C)C[C@@H]1CN(C(=O)/C=C/c2ccc(C(=O)O)cc2)[C@H](c2cccc(Cl)c2F)[C@@]1(C#N)c1ccc(Cl)cc1F. The summed E-state index contributed by atoms with van der Waals surface area (Å²) in [4.78, 5) is 26.4. The van der Waals surface area contributed by atoms with Gasteiger partial charge in [0.25, 0.3) is 0 Å². The van der Waals surface area contributed by atoms with E-state index in [9.17, 15) is 14.9 Å². The Balaban J connectivity index is 1.91. The van der Waals surface area contributed by atoms with Crippen molar-refractivity contribution in [1.82, 2.24) is 4.90 Å². The molecule has 5 nitrogen and oxygen atoms in total. The molecule has 3 aromatic rings. The molecular formula is C32H28Cl2F2N2O3. The number of likely N-dealkylation sites (tertiary alicyclic amines) is 1. The highest BCUT2D eigenvalue weighted by Crippen LogP contribution is 2.56. The molecule has 0 unspecified atom stereocenters. The van der Waals surface area contributed by atoms with Gasteiger partial charge in [-0.1, -0.05) is 74.3 Å². The predicted octanol–water partition coefficient (Wildman–Crippen LogP) is 8.08. The van der Waals surface area contributed by atoms with Crippen LogP contribution in [0.25, 0.3) is 6.08 Å². The number of hydrogen-bond donors (Lipinski definition) is 1. The molecule has 1 aliphatic rings. The Hall–Kier alpha value is -3.73. The van der Waals surface area contributed by atoms with Crippen molar-refractivity contribution >= 4 is 41.2 Å². The molecule has 1 amide bonds. The summed E-state index contributed by atoms with van der Waals surface area (Å²) in [6.07, 6.45) is 3.21. The van der Waals surface area contributed by atoms with E-state index in [2.05, 4.69) is 6.07 Å². The highest BCUT2D eigenvalue weighted by molar-refractivity contribution is 6.31. The molecule has 1 N–H and O–H groups in total. The Morgan fingerprint density at radius 1 is 1.12 bits per heavy atom. The zero-order chi connectivity index (χ0) is 30.1. The zero-order valence-corrected chi connectivity index (χ0v) is 24.2. The molecule has 0 radical (unpaired) electrons. The summed E-state index contributed by atoms with van der Waals surface area (Å²) in [7, 11) is 0. The summed E-state index contributed by atoms with van der Waals surface area (Å²) in [5.41, 5.74) is -1.33. The van der Waals surface area contributed by atoms with Gasteiger partial charge in [0.15, 0.2) is 0 Å². The number of carboxylic acids is 1. The van der Waals surface area contributed by atoms with E-state index in [1.165, 1.54) is 59.5 Å². The standard InChI is InChI=1S/C32H28Cl2F2N2O3/c1-31(2,3)16-21-17-38(27(39)14-9-19-7-10-20(11-8-19)30(40)41)29(23-5-4-6-25(34)28(23)36)32(21,18-37)24-13-12-22(33)15-26(24)35/h4-15,21,29H,16-17H2,1-3H3,(H,40,41)/b14-9+/t21-,29-,32-/m1/s1. The number of nitriles is 1. The minimum atomic E-state index is -1.68. The van der Waals surface area contributed by atoms with Crippen molar-refractivity contribution in [3.8, 4) is 6.07 Å². The summed E-state index contributed by atoms with van der Waals surface area (Å²) in [6.45, 7) is 5.99. The van der Waals surface area contributed by atoms with Crippen LogP contribution in [0.2, 0.25) is 10.0 Å². The quantitative estimate of drug-likeness (QED) is 0.292. The van der Waals surface area contributed by atoms with Gasteiger partial charge in [-0.2, -0.15) is 5.26 Å². The van der Waals surface area contributed by atoms with Gasteiger partial charge in [0, 0.05) is 34.7 Å². The third-order valence-electron chi connectivity index (χ3n) is 7.36. The Bertz CT molecular complexity index is 1560. The number of amides is 1. The smallest absolute Gasteiger partial charge is 0.335 e. The fourth-order valence-corrected chi connectivity index (χ4v) is 6.03. The van der Waals surface area contributed by atoms with Crippen LogP contribution in [0.15, 0.2) is 66.7 Å². The number of rotatable bonds is 6. The molecule has 0 aromatic heterocycles. The molecule has 1 aliphatic heterocycles. The van der Waals surface area contributed by atoms with Crippen LogP contribution in [-0.2, 0) is 10.2 Å². The fraction of sp³-hybridized carbons (Fsp3) is 0.281. The maximum atomic E-state index is 15.7.